The second kappa shape index (κ2) is 20.1. The highest BCUT2D eigenvalue weighted by Crippen LogP contribution is 2.55. The first-order valence-electron chi connectivity index (χ1n) is 25.3. The van der Waals surface area contributed by atoms with E-state index < -0.39 is 40.8 Å². The second-order valence-electron chi connectivity index (χ2n) is 20.2. The van der Waals surface area contributed by atoms with Crippen molar-refractivity contribution >= 4 is 74.7 Å². The molecule has 4 aliphatic heterocycles. The molecule has 10 rings (SSSR count). The third-order valence-corrected chi connectivity index (χ3v) is 14.6. The molecule has 1 unspecified atom stereocenters. The predicted octanol–water partition coefficient (Wildman–Crippen LogP) is 9.11. The van der Waals surface area contributed by atoms with Gasteiger partial charge >= 0.3 is 11.9 Å². The van der Waals surface area contributed by atoms with Gasteiger partial charge in [0.2, 0.25) is 11.1 Å². The number of unbranched alkanes of at least 4 members (excludes halogenated alkanes) is 2. The Labute approximate surface area is 433 Å². The number of carboxylic acids is 1. The van der Waals surface area contributed by atoms with E-state index in [0.29, 0.717) is 77.1 Å². The van der Waals surface area contributed by atoms with Crippen LogP contribution in [0.5, 0.6) is 11.5 Å². The molecule has 1 saturated heterocycles. The molecule has 0 saturated carbocycles. The zero-order chi connectivity index (χ0) is 52.8. The highest BCUT2D eigenvalue weighted by atomic mass is 16.7. The van der Waals surface area contributed by atoms with Crippen LogP contribution < -0.4 is 34.5 Å². The first-order chi connectivity index (χ1) is 36.0. The van der Waals surface area contributed by atoms with E-state index in [1.54, 1.807) is 12.1 Å². The second-order valence-corrected chi connectivity index (χ2v) is 20.2. The largest absolute Gasteiger partial charge is 0.494 e. The van der Waals surface area contributed by atoms with Crippen molar-refractivity contribution < 1.29 is 47.8 Å². The van der Waals surface area contributed by atoms with Crippen LogP contribution in [-0.2, 0) is 24.6 Å². The summed E-state index contributed by atoms with van der Waals surface area (Å²) in [7, 11) is 7.79. The van der Waals surface area contributed by atoms with E-state index in [1.807, 2.05) is 123 Å². The Bertz CT molecular complexity index is 3520. The van der Waals surface area contributed by atoms with Gasteiger partial charge in [0, 0.05) is 97.4 Å². The van der Waals surface area contributed by atoms with Crippen LogP contribution in [0.2, 0.25) is 0 Å². The molecule has 16 heteroatoms. The molecule has 0 bridgehead atoms. The number of aromatic carboxylic acids is 1. The SMILES string of the molecule is CN(C)c1ccc2c(-c3ccc(C(=O)NCCCOc4ccc5ccc6c(c5c4)N=CC4(O6)N(CCCCCC(=O)ON5C(=O)CCC5=O)c5ccccc5C4(C)C)cc3C(=O)O)c3ccc(=[N+](C)C)cc-3oc2c1. The van der Waals surface area contributed by atoms with Crippen molar-refractivity contribution in [2.75, 3.05) is 57.7 Å². The zero-order valence-electron chi connectivity index (χ0n) is 42.9. The standard InChI is InChI=1S/C59H58N6O10/c1-58(2)46-13-9-10-14-47(46)64(29-11-7-8-15-53(68)75-65-51(66)26-27-52(65)67)59(58)35-61-55-44-34-40(21-16-36(44)18-25-48(55)74-59)72-30-12-28-60-56(69)37-17-22-41(45(31-37)57(70)71)54-42-23-19-38(62(3)4)32-49(42)73-50-33-39(63(5)6)20-24-43(50)54/h9-10,13-14,16-25,31-35H,7-8,11-12,15,26-30H2,1-6H3,(H-,60,69,70,71)/p+1. The van der Waals surface area contributed by atoms with E-state index in [1.165, 1.54) is 6.07 Å². The van der Waals surface area contributed by atoms with E-state index in [-0.39, 0.29) is 36.9 Å². The van der Waals surface area contributed by atoms with E-state index in [0.717, 1.165) is 50.4 Å². The maximum absolute atomic E-state index is 13.6. The van der Waals surface area contributed by atoms with Gasteiger partial charge in [0.1, 0.15) is 42.6 Å². The molecule has 5 aromatic carbocycles. The Balaban J connectivity index is 0.800. The first kappa shape index (κ1) is 50.0. The van der Waals surface area contributed by atoms with Gasteiger partial charge in [-0.05, 0) is 104 Å². The quantitative estimate of drug-likeness (QED) is 0.0406. The number of imide groups is 1. The summed E-state index contributed by atoms with van der Waals surface area (Å²) in [6.45, 7) is 5.51. The average Bonchev–Trinajstić information content (AvgIpc) is 3.81. The number of rotatable bonds is 16. The summed E-state index contributed by atoms with van der Waals surface area (Å²) in [6.07, 6.45) is 4.52. The number of carbonyl (C=O) groups excluding carboxylic acids is 4. The topological polar surface area (TPSA) is 184 Å². The number of nitrogens with zero attached hydrogens (tertiary/aromatic N) is 5. The number of fused-ring (bicyclic) bond motifs is 6. The van der Waals surface area contributed by atoms with Crippen molar-refractivity contribution in [2.45, 2.75) is 69.9 Å². The minimum Gasteiger partial charge on any atom is -0.494 e. The lowest BCUT2D eigenvalue weighted by atomic mass is 9.77. The molecule has 5 aromatic rings. The molecule has 5 aliphatic rings. The van der Waals surface area contributed by atoms with Crippen molar-refractivity contribution in [1.82, 2.24) is 15.0 Å². The van der Waals surface area contributed by atoms with E-state index in [4.69, 9.17) is 23.7 Å². The van der Waals surface area contributed by atoms with Crippen LogP contribution in [0.25, 0.3) is 44.2 Å². The summed E-state index contributed by atoms with van der Waals surface area (Å²) in [5, 5.41) is 17.6. The number of carbonyl (C=O) groups is 5. The average molecular weight is 1010 g/mol. The molecule has 384 valence electrons. The van der Waals surface area contributed by atoms with Crippen LogP contribution in [0.15, 0.2) is 119 Å². The van der Waals surface area contributed by atoms with Crippen molar-refractivity contribution in [1.29, 1.82) is 0 Å². The zero-order valence-corrected chi connectivity index (χ0v) is 42.9. The van der Waals surface area contributed by atoms with Gasteiger partial charge in [-0.15, -0.1) is 5.06 Å². The fraction of sp³-hybridized carbons (Fsp3) is 0.305. The van der Waals surface area contributed by atoms with Gasteiger partial charge in [-0.2, -0.15) is 0 Å². The normalized spacial score (nSPS) is 16.3. The summed E-state index contributed by atoms with van der Waals surface area (Å²) in [4.78, 5) is 77.2. The fourth-order valence-electron chi connectivity index (χ4n) is 10.4. The third kappa shape index (κ3) is 9.29. The molecule has 0 aromatic heterocycles. The number of carboxylic acid groups (broad SMARTS) is 1. The molecule has 75 heavy (non-hydrogen) atoms. The van der Waals surface area contributed by atoms with Crippen molar-refractivity contribution in [2.24, 2.45) is 4.99 Å². The molecule has 1 atom stereocenters. The fourth-order valence-corrected chi connectivity index (χ4v) is 10.4. The Morgan fingerprint density at radius 2 is 1.61 bits per heavy atom. The van der Waals surface area contributed by atoms with Crippen molar-refractivity contribution in [3.8, 4) is 33.9 Å². The molecule has 0 radical (unpaired) electrons. The van der Waals surface area contributed by atoms with Crippen molar-refractivity contribution in [3.63, 3.8) is 0 Å². The van der Waals surface area contributed by atoms with Gasteiger partial charge in [0.05, 0.1) is 29.9 Å². The van der Waals surface area contributed by atoms with Gasteiger partial charge in [-0.3, -0.25) is 19.4 Å². The summed E-state index contributed by atoms with van der Waals surface area (Å²) in [5.41, 5.74) is 5.05. The summed E-state index contributed by atoms with van der Waals surface area (Å²) >= 11 is 0. The van der Waals surface area contributed by atoms with E-state index in [2.05, 4.69) is 36.2 Å². The number of amides is 3. The molecule has 2 N–H and O–H groups in total. The van der Waals surface area contributed by atoms with E-state index >= 15 is 0 Å². The Hall–Kier alpha value is -8.53. The van der Waals surface area contributed by atoms with Crippen LogP contribution in [-0.4, -0.2) is 99.7 Å². The predicted molar refractivity (Wildman–Crippen MR) is 287 cm³/mol. The third-order valence-electron chi connectivity index (χ3n) is 14.6. The Morgan fingerprint density at radius 1 is 0.840 bits per heavy atom. The number of ether oxygens (including phenoxy) is 2. The molecule has 1 fully saturated rings. The van der Waals surface area contributed by atoms with Crippen LogP contribution in [0, 0.1) is 0 Å². The van der Waals surface area contributed by atoms with Gasteiger partial charge in [-0.1, -0.05) is 42.8 Å². The molecular formula is C59H59N6O10+. The summed E-state index contributed by atoms with van der Waals surface area (Å²) in [5.74, 6) is -1.29. The van der Waals surface area contributed by atoms with Gasteiger partial charge in [-0.25, -0.2) is 14.2 Å². The van der Waals surface area contributed by atoms with Crippen LogP contribution in [0.4, 0.5) is 17.1 Å². The van der Waals surface area contributed by atoms with Gasteiger partial charge in [0.25, 0.3) is 17.7 Å². The van der Waals surface area contributed by atoms with Crippen molar-refractivity contribution in [3.05, 3.63) is 131 Å². The number of nitrogens with one attached hydrogen (secondary N) is 1. The smallest absolute Gasteiger partial charge is 0.336 e. The highest BCUT2D eigenvalue weighted by Gasteiger charge is 2.59. The molecule has 4 heterocycles. The lowest BCUT2D eigenvalue weighted by Crippen LogP contribution is -2.62. The first-order valence-corrected chi connectivity index (χ1v) is 25.3. The Kier molecular flexibility index (Phi) is 13.4. The van der Waals surface area contributed by atoms with Gasteiger partial charge < -0.3 is 39.0 Å². The number of benzene rings is 6. The molecule has 3 amide bonds. The maximum atomic E-state index is 13.6. The molecule has 1 spiro atoms. The van der Waals surface area contributed by atoms with Crippen LogP contribution >= 0.6 is 0 Å². The number of hydrogen-bond donors (Lipinski definition) is 2. The minimum atomic E-state index is -1.16. The number of para-hydroxylation sites is 1. The maximum Gasteiger partial charge on any atom is 0.336 e. The summed E-state index contributed by atoms with van der Waals surface area (Å²) in [6, 6.07) is 34.5. The van der Waals surface area contributed by atoms with Crippen LogP contribution in [0.1, 0.15) is 85.1 Å². The number of aliphatic imine (C=N–C) groups is 1. The van der Waals surface area contributed by atoms with Crippen LogP contribution in [0.3, 0.4) is 0 Å². The minimum absolute atomic E-state index is 0.00491. The molecule has 1 aliphatic carbocycles. The number of hydrogen-bond acceptors (Lipinski definition) is 12. The Morgan fingerprint density at radius 3 is 2.39 bits per heavy atom. The lowest BCUT2D eigenvalue weighted by Gasteiger charge is -2.46. The molecular weight excluding hydrogens is 953 g/mol. The van der Waals surface area contributed by atoms with Gasteiger partial charge in [0.15, 0.2) is 0 Å². The lowest BCUT2D eigenvalue weighted by molar-refractivity contribution is -0.197. The highest BCUT2D eigenvalue weighted by molar-refractivity contribution is 6.09. The van der Waals surface area contributed by atoms with E-state index in [9.17, 15) is 29.1 Å². The molecule has 16 nitrogen and oxygen atoms in total. The number of hydroxylamine groups is 2. The number of anilines is 2. The summed E-state index contributed by atoms with van der Waals surface area (Å²) < 4.78 is 21.8. The monoisotopic (exact) mass is 1010 g/mol.